The van der Waals surface area contributed by atoms with Gasteiger partial charge in [0.25, 0.3) is 0 Å². The molecule has 3 aromatic heterocycles. The van der Waals surface area contributed by atoms with Gasteiger partial charge in [-0.2, -0.15) is 10.2 Å². The van der Waals surface area contributed by atoms with Crippen LogP contribution in [-0.4, -0.2) is 46.9 Å². The van der Waals surface area contributed by atoms with Crippen molar-refractivity contribution in [2.24, 2.45) is 100 Å². The molecule has 6 fully saturated rings. The maximum Gasteiger partial charge on any atom is 0.103 e. The van der Waals surface area contributed by atoms with E-state index in [1.807, 2.05) is 6.08 Å². The van der Waals surface area contributed by atoms with Gasteiger partial charge in [-0.1, -0.05) is 126 Å². The number of carbonyl (C=O) groups is 2. The Bertz CT molecular complexity index is 3320. The van der Waals surface area contributed by atoms with E-state index in [0.29, 0.717) is 54.5 Å². The SMILES string of the molecule is CC1(C)CC[C@]2(C(=O)Cl)CC[C@]3(C)C(=CCC4[C@@]5(C)Cc6c(N)n[nH]c6C(C)(C)C5CC[C@]43C)C2C1.CC1(C)CC[C@]2(C(=O)n3ccnc3N)CC[C@]3(C)C(=CCC4[C@@]5(C)Cc6c(N)n[nH]c6C(C)(C)C5CC[C@]43C)C2C1.I[I-]I.NC1=NC=CC1. The maximum absolute atomic E-state index is 14.4. The first-order chi connectivity index (χ1) is 40.0. The van der Waals surface area contributed by atoms with Crippen LogP contribution in [0.4, 0.5) is 17.6 Å². The van der Waals surface area contributed by atoms with Crippen LogP contribution in [0.5, 0.6) is 0 Å². The van der Waals surface area contributed by atoms with Crippen LogP contribution in [0, 0.1) is 89.7 Å². The molecule has 474 valence electrons. The average Bonchev–Trinajstić information content (AvgIpc) is 0.801. The minimum absolute atomic E-state index is 0.00540. The summed E-state index contributed by atoms with van der Waals surface area (Å²) in [6, 6.07) is 0. The van der Waals surface area contributed by atoms with E-state index >= 15 is 0 Å². The molecule has 6 saturated carbocycles. The second-order valence-electron chi connectivity index (χ2n) is 33.5. The summed E-state index contributed by atoms with van der Waals surface area (Å²) in [6.07, 6.45) is 32.4. The number of aromatic nitrogens is 6. The molecule has 11 aliphatic rings. The number of hydrogen-bond donors (Lipinski definition) is 6. The van der Waals surface area contributed by atoms with Gasteiger partial charge in [0.1, 0.15) is 17.5 Å². The molecular formula is C69H102ClI3N11O2-. The molecule has 0 aromatic carbocycles. The molecule has 4 heterocycles. The number of hydrogen-bond acceptors (Lipinski definition) is 10. The van der Waals surface area contributed by atoms with Crippen molar-refractivity contribution in [2.75, 3.05) is 17.2 Å². The number of allylic oxidation sites excluding steroid dienone is 4. The van der Waals surface area contributed by atoms with Crippen LogP contribution in [0.1, 0.15) is 233 Å². The van der Waals surface area contributed by atoms with E-state index in [9.17, 15) is 9.59 Å². The molecule has 14 atom stereocenters. The van der Waals surface area contributed by atoms with Gasteiger partial charge in [0.15, 0.2) is 0 Å². The van der Waals surface area contributed by atoms with E-state index in [0.717, 1.165) is 102 Å². The average molecular weight is 1530 g/mol. The number of aromatic amines is 2. The molecule has 6 unspecified atom stereocenters. The Morgan fingerprint density at radius 1 is 0.616 bits per heavy atom. The van der Waals surface area contributed by atoms with Crippen molar-refractivity contribution in [1.82, 2.24) is 29.9 Å². The van der Waals surface area contributed by atoms with Gasteiger partial charge in [-0.05, 0) is 206 Å². The smallest absolute Gasteiger partial charge is 0.103 e. The number of rotatable bonds is 2. The third-order valence-electron chi connectivity index (χ3n) is 28.1. The number of imidazole rings is 1. The Morgan fingerprint density at radius 2 is 1.05 bits per heavy atom. The fourth-order valence-corrected chi connectivity index (χ4v) is 23.5. The zero-order valence-corrected chi connectivity index (χ0v) is 61.5. The van der Waals surface area contributed by atoms with E-state index in [4.69, 9.17) is 34.5 Å². The number of aliphatic imine (C=N–C) groups is 1. The normalized spacial score (nSPS) is 41.0. The van der Waals surface area contributed by atoms with Crippen LogP contribution < -0.4 is 36.2 Å². The third-order valence-corrected chi connectivity index (χ3v) is 28.5. The fourth-order valence-electron chi connectivity index (χ4n) is 23.2. The number of nitrogens with one attached hydrogen (secondary N) is 2. The number of H-pyrrole nitrogens is 2. The predicted octanol–water partition coefficient (Wildman–Crippen LogP) is 13.5. The number of halogens is 4. The summed E-state index contributed by atoms with van der Waals surface area (Å²) in [5.74, 6) is 5.38. The standard InChI is InChI=1S/C34H50N6O.C31H46ClN3O.C4H6N2.I3/c1-29(2)12-14-34(27(41)40-17-16-37-28(40)36)15-13-32(6)21(22(34)19-29)8-9-24-31(5)18-20-25(38-39-26(20)35)30(3,4)23(31)10-11-33(24,32)7;1-26(2)12-14-31(25(32)36)15-13-29(6)19(20(31)17-26)8-9-22-28(5)16-18-23(34-35-24(18)33)27(3,4)21(28)10-11-30(22,29)7;5-4-2-1-3-6-4;1-3-2/h8,16-17,22-24H,9-15,18-19H2,1-7H3,(H2,36,37)(H3,35,38,39);8,20-22H,9-17H2,1-7H3,(H3,33,34,35);1,3H,2H2,(H2,5,6);/q;;;-1/t22?,23?,24?,31-,32+,33+,34-;20?,21?,22?,28-,29+,30+,31-;;/m00../s1. The topological polar surface area (TPSA) is 226 Å². The summed E-state index contributed by atoms with van der Waals surface area (Å²) in [5.41, 5.74) is 33.1. The zero-order valence-electron chi connectivity index (χ0n) is 54.2. The van der Waals surface area contributed by atoms with E-state index in [2.05, 4.69) is 177 Å². The first kappa shape index (κ1) is 65.0. The Morgan fingerprint density at radius 3 is 1.44 bits per heavy atom. The molecule has 17 heteroatoms. The minimum Gasteiger partial charge on any atom is -0.387 e. The summed E-state index contributed by atoms with van der Waals surface area (Å²) >= 11 is 11.8. The number of amidine groups is 1. The van der Waals surface area contributed by atoms with Gasteiger partial charge < -0.3 is 22.9 Å². The second-order valence-corrected chi connectivity index (χ2v) is 50.1. The second kappa shape index (κ2) is 21.8. The molecule has 0 bridgehead atoms. The Labute approximate surface area is 549 Å². The molecule has 10 N–H and O–H groups in total. The van der Waals surface area contributed by atoms with Gasteiger partial charge in [-0.25, -0.2) is 9.98 Å². The number of nitrogens with two attached hydrogens (primary N) is 4. The quantitative estimate of drug-likeness (QED) is 0.0814. The van der Waals surface area contributed by atoms with Crippen molar-refractivity contribution in [2.45, 2.75) is 230 Å². The Kier molecular flexibility index (Phi) is 16.5. The van der Waals surface area contributed by atoms with Crippen LogP contribution in [0.25, 0.3) is 0 Å². The number of carbonyl (C=O) groups excluding carboxylic acids is 2. The van der Waals surface area contributed by atoms with E-state index < -0.39 is 5.41 Å². The summed E-state index contributed by atoms with van der Waals surface area (Å²) < 4.78 is 1.64. The van der Waals surface area contributed by atoms with Gasteiger partial charge in [0, 0.05) is 58.4 Å². The van der Waals surface area contributed by atoms with E-state index in [-0.39, 0.29) is 82.6 Å². The molecule has 0 saturated heterocycles. The number of fused-ring (bicyclic) bond motifs is 16. The van der Waals surface area contributed by atoms with Crippen molar-refractivity contribution >= 4 is 83.4 Å². The predicted molar refractivity (Wildman–Crippen MR) is 363 cm³/mol. The summed E-state index contributed by atoms with van der Waals surface area (Å²) in [4.78, 5) is 35.4. The molecule has 1 aliphatic heterocycles. The molecular weight excluding hydrogens is 1430 g/mol. The third kappa shape index (κ3) is 9.45. The molecule has 14 rings (SSSR count). The van der Waals surface area contributed by atoms with Crippen LogP contribution in [0.2, 0.25) is 0 Å². The first-order valence-corrected chi connectivity index (χ1v) is 45.4. The number of anilines is 3. The molecule has 0 amide bonds. The summed E-state index contributed by atoms with van der Waals surface area (Å²) in [5, 5.41) is 15.5. The van der Waals surface area contributed by atoms with Crippen molar-refractivity contribution in [3.8, 4) is 0 Å². The summed E-state index contributed by atoms with van der Waals surface area (Å²) in [6.45, 7) is 34.7. The monoisotopic (exact) mass is 1530 g/mol. The fraction of sp³-hybridized carbons (Fsp3) is 0.739. The van der Waals surface area contributed by atoms with Crippen molar-refractivity contribution in [1.29, 1.82) is 0 Å². The van der Waals surface area contributed by atoms with Gasteiger partial charge >= 0.3 is 50.5 Å². The van der Waals surface area contributed by atoms with E-state index in [1.165, 1.54) is 48.2 Å². The largest absolute Gasteiger partial charge is 0.387 e. The van der Waals surface area contributed by atoms with Crippen LogP contribution in [-0.2, 0) is 28.5 Å². The van der Waals surface area contributed by atoms with Crippen molar-refractivity contribution in [3.05, 3.63) is 70.5 Å². The van der Waals surface area contributed by atoms with Crippen LogP contribution >= 0.6 is 48.8 Å². The first-order valence-electron chi connectivity index (χ1n) is 32.5. The van der Waals surface area contributed by atoms with Crippen LogP contribution in [0.3, 0.4) is 0 Å². The number of nitrogens with zero attached hydrogens (tertiary/aromatic N) is 5. The number of nitrogen functional groups attached to an aromatic ring is 3. The van der Waals surface area contributed by atoms with Gasteiger partial charge in [-0.3, -0.25) is 24.4 Å². The van der Waals surface area contributed by atoms with Gasteiger partial charge in [0.05, 0.1) is 10.8 Å². The molecule has 3 aromatic rings. The van der Waals surface area contributed by atoms with Gasteiger partial charge in [-0.15, -0.1) is 0 Å². The van der Waals surface area contributed by atoms with Crippen LogP contribution in [0.15, 0.2) is 53.0 Å². The Balaban J connectivity index is 0.000000157. The van der Waals surface area contributed by atoms with Gasteiger partial charge in [0.2, 0.25) is 17.1 Å². The minimum atomic E-state index is -0.410. The molecule has 13 nitrogen and oxygen atoms in total. The molecule has 0 radical (unpaired) electrons. The molecule has 86 heavy (non-hydrogen) atoms. The zero-order chi connectivity index (χ0) is 62.6. The van der Waals surface area contributed by atoms with Crippen molar-refractivity contribution in [3.63, 3.8) is 0 Å². The summed E-state index contributed by atoms with van der Waals surface area (Å²) in [7, 11) is 0. The Hall–Kier alpha value is -2.46. The van der Waals surface area contributed by atoms with Crippen molar-refractivity contribution < 1.29 is 22.8 Å². The molecule has 10 aliphatic carbocycles. The maximum atomic E-state index is 14.4. The molecule has 0 spiro atoms. The van der Waals surface area contributed by atoms with E-state index in [1.54, 1.807) is 34.3 Å².